The molecule has 0 aliphatic carbocycles. The van der Waals surface area contributed by atoms with Crippen molar-refractivity contribution in [3.63, 3.8) is 0 Å². The summed E-state index contributed by atoms with van der Waals surface area (Å²) in [6.07, 6.45) is 0.390. The molecule has 2 N–H and O–H groups in total. The first kappa shape index (κ1) is 34.8. The summed E-state index contributed by atoms with van der Waals surface area (Å²) >= 11 is 0. The third-order valence-electron chi connectivity index (χ3n) is 6.57. The number of hydrogen-bond donors (Lipinski definition) is 2. The molecular formula is C28H28N6O11S2. The summed E-state index contributed by atoms with van der Waals surface area (Å²) in [5, 5.41) is 16.4. The maximum Gasteiger partial charge on any atom is 0.333 e. The molecule has 0 aromatic heterocycles. The normalized spacial score (nSPS) is 13.9. The number of imide groups is 1. The van der Waals surface area contributed by atoms with Gasteiger partial charge in [0.2, 0.25) is 0 Å². The molecule has 47 heavy (non-hydrogen) atoms. The molecule has 1 heterocycles. The number of rotatable bonds is 13. The molecule has 1 aliphatic heterocycles. The molecule has 0 bridgehead atoms. The average molecular weight is 689 g/mol. The van der Waals surface area contributed by atoms with Gasteiger partial charge in [0.05, 0.1) is 29.1 Å². The lowest BCUT2D eigenvalue weighted by atomic mass is 10.2. The zero-order chi connectivity index (χ0) is 34.4. The van der Waals surface area contributed by atoms with E-state index in [-0.39, 0.29) is 47.0 Å². The summed E-state index contributed by atoms with van der Waals surface area (Å²) in [6.45, 7) is 0.437. The van der Waals surface area contributed by atoms with Gasteiger partial charge in [-0.2, -0.15) is 32.2 Å². The van der Waals surface area contributed by atoms with E-state index in [0.29, 0.717) is 23.7 Å². The summed E-state index contributed by atoms with van der Waals surface area (Å²) in [6, 6.07) is 13.7. The molecule has 248 valence electrons. The third-order valence-corrected chi connectivity index (χ3v) is 8.30. The van der Waals surface area contributed by atoms with Gasteiger partial charge in [-0.1, -0.05) is 0 Å². The quantitative estimate of drug-likeness (QED) is 0.139. The Hall–Kier alpha value is -5.11. The fourth-order valence-electron chi connectivity index (χ4n) is 4.15. The highest BCUT2D eigenvalue weighted by Crippen LogP contribution is 2.40. The maximum absolute atomic E-state index is 12.2. The van der Waals surface area contributed by atoms with Crippen molar-refractivity contribution in [1.82, 2.24) is 5.06 Å². The van der Waals surface area contributed by atoms with Crippen molar-refractivity contribution in [2.24, 2.45) is 20.5 Å². The van der Waals surface area contributed by atoms with Crippen LogP contribution in [-0.4, -0.2) is 69.5 Å². The van der Waals surface area contributed by atoms with Crippen LogP contribution in [0.2, 0.25) is 0 Å². The van der Waals surface area contributed by atoms with E-state index in [1.807, 2.05) is 4.90 Å². The minimum absolute atomic E-state index is 0.0158. The van der Waals surface area contributed by atoms with Crippen molar-refractivity contribution < 1.29 is 49.9 Å². The summed E-state index contributed by atoms with van der Waals surface area (Å²) < 4.78 is 71.1. The van der Waals surface area contributed by atoms with Gasteiger partial charge in [-0.15, -0.1) is 10.2 Å². The molecule has 1 fully saturated rings. The van der Waals surface area contributed by atoms with E-state index < -0.39 is 42.9 Å². The lowest BCUT2D eigenvalue weighted by Gasteiger charge is -2.19. The molecule has 19 heteroatoms. The van der Waals surface area contributed by atoms with Crippen LogP contribution in [0.25, 0.3) is 0 Å². The van der Waals surface area contributed by atoms with Gasteiger partial charge in [-0.25, -0.2) is 4.79 Å². The standard InChI is InChI=1S/C28H28N6O11S2/c1-33(15-3-4-27(37)45-34-25(35)13-14-26(34)36)21-9-5-18(6-10-21)30-32-28-23(44-2)16-20(17-24(28)47(41,42)43)31-29-19-7-11-22(12-8-19)46(38,39)40/h5-12,16-17H,3-4,13-15H2,1-2H3,(H,38,39,40)(H,41,42,43). The second-order valence-corrected chi connectivity index (χ2v) is 12.7. The number of anilines is 1. The first-order chi connectivity index (χ1) is 22.2. The van der Waals surface area contributed by atoms with Crippen molar-refractivity contribution in [1.29, 1.82) is 0 Å². The van der Waals surface area contributed by atoms with E-state index in [1.165, 1.54) is 25.3 Å². The highest BCUT2D eigenvalue weighted by atomic mass is 32.2. The molecule has 1 aliphatic rings. The molecule has 0 spiro atoms. The zero-order valence-electron chi connectivity index (χ0n) is 24.9. The predicted octanol–water partition coefficient (Wildman–Crippen LogP) is 4.84. The number of methoxy groups -OCH3 is 1. The SMILES string of the molecule is COc1cc(N=Nc2ccc(S(=O)(=O)O)cc2)cc(S(=O)(=O)O)c1N=Nc1ccc(N(C)CCCC(=O)ON2C(=O)CCC2=O)cc1. The fraction of sp³-hybridized carbons (Fsp3) is 0.250. The Morgan fingerprint density at radius 2 is 1.38 bits per heavy atom. The Bertz CT molecular complexity index is 1930. The van der Waals surface area contributed by atoms with Gasteiger partial charge < -0.3 is 14.5 Å². The van der Waals surface area contributed by atoms with Crippen LogP contribution in [0.3, 0.4) is 0 Å². The molecule has 17 nitrogen and oxygen atoms in total. The summed E-state index contributed by atoms with van der Waals surface area (Å²) in [7, 11) is -6.22. The number of ether oxygens (including phenoxy) is 1. The summed E-state index contributed by atoms with van der Waals surface area (Å²) in [4.78, 5) is 40.9. The van der Waals surface area contributed by atoms with Gasteiger partial charge in [0.1, 0.15) is 16.3 Å². The number of amides is 2. The second-order valence-electron chi connectivity index (χ2n) is 9.93. The van der Waals surface area contributed by atoms with Gasteiger partial charge in [-0.05, 0) is 61.0 Å². The monoisotopic (exact) mass is 688 g/mol. The first-order valence-corrected chi connectivity index (χ1v) is 16.5. The number of hydroxylamine groups is 2. The molecule has 0 atom stereocenters. The lowest BCUT2D eigenvalue weighted by molar-refractivity contribution is -0.197. The summed E-state index contributed by atoms with van der Waals surface area (Å²) in [5.41, 5.74) is 0.896. The molecule has 0 unspecified atom stereocenters. The van der Waals surface area contributed by atoms with Crippen molar-refractivity contribution in [3.8, 4) is 5.75 Å². The number of hydrogen-bond acceptors (Lipinski definition) is 14. The Labute approximate surface area is 269 Å². The van der Waals surface area contributed by atoms with Crippen LogP contribution in [0.15, 0.2) is 90.9 Å². The molecular weight excluding hydrogens is 660 g/mol. The van der Waals surface area contributed by atoms with E-state index in [4.69, 9.17) is 14.1 Å². The Kier molecular flexibility index (Phi) is 10.8. The predicted molar refractivity (Wildman–Crippen MR) is 164 cm³/mol. The number of carbonyl (C=O) groups is 3. The fourth-order valence-corrected chi connectivity index (χ4v) is 5.29. The van der Waals surface area contributed by atoms with E-state index in [1.54, 1.807) is 31.3 Å². The topological polar surface area (TPSA) is 234 Å². The van der Waals surface area contributed by atoms with Crippen molar-refractivity contribution in [3.05, 3.63) is 60.7 Å². The van der Waals surface area contributed by atoms with Crippen LogP contribution in [0.4, 0.5) is 28.4 Å². The summed E-state index contributed by atoms with van der Waals surface area (Å²) in [5.74, 6) is -1.89. The van der Waals surface area contributed by atoms with Gasteiger partial charge in [0.15, 0.2) is 0 Å². The second kappa shape index (κ2) is 14.5. The van der Waals surface area contributed by atoms with E-state index >= 15 is 0 Å². The Balaban J connectivity index is 1.43. The van der Waals surface area contributed by atoms with Crippen LogP contribution >= 0.6 is 0 Å². The first-order valence-electron chi connectivity index (χ1n) is 13.6. The van der Waals surface area contributed by atoms with Crippen LogP contribution in [0.1, 0.15) is 25.7 Å². The third kappa shape index (κ3) is 9.22. The smallest absolute Gasteiger partial charge is 0.333 e. The van der Waals surface area contributed by atoms with Crippen molar-refractivity contribution in [2.45, 2.75) is 35.5 Å². The van der Waals surface area contributed by atoms with Crippen LogP contribution in [0, 0.1) is 0 Å². The molecule has 3 aromatic carbocycles. The molecule has 2 amide bonds. The highest BCUT2D eigenvalue weighted by Gasteiger charge is 2.32. The largest absolute Gasteiger partial charge is 0.494 e. The molecule has 1 saturated heterocycles. The van der Waals surface area contributed by atoms with E-state index in [2.05, 4.69) is 20.5 Å². The molecule has 0 saturated carbocycles. The Morgan fingerprint density at radius 1 is 0.830 bits per heavy atom. The minimum Gasteiger partial charge on any atom is -0.494 e. The van der Waals surface area contributed by atoms with Crippen LogP contribution < -0.4 is 9.64 Å². The van der Waals surface area contributed by atoms with E-state index in [0.717, 1.165) is 23.9 Å². The zero-order valence-corrected chi connectivity index (χ0v) is 26.5. The number of azo groups is 2. The number of carbonyl (C=O) groups excluding carboxylic acids is 3. The number of benzene rings is 3. The van der Waals surface area contributed by atoms with Gasteiger partial charge in [0.25, 0.3) is 32.1 Å². The van der Waals surface area contributed by atoms with Crippen molar-refractivity contribution >= 4 is 66.5 Å². The highest BCUT2D eigenvalue weighted by molar-refractivity contribution is 7.86. The lowest BCUT2D eigenvalue weighted by Crippen LogP contribution is -2.32. The van der Waals surface area contributed by atoms with Crippen LogP contribution in [-0.2, 0) is 39.5 Å². The van der Waals surface area contributed by atoms with Crippen LogP contribution in [0.5, 0.6) is 5.75 Å². The number of nitrogens with zero attached hydrogens (tertiary/aromatic N) is 6. The van der Waals surface area contributed by atoms with Crippen molar-refractivity contribution in [2.75, 3.05) is 25.6 Å². The van der Waals surface area contributed by atoms with Gasteiger partial charge in [-0.3, -0.25) is 18.7 Å². The van der Waals surface area contributed by atoms with E-state index in [9.17, 15) is 35.8 Å². The molecule has 3 aromatic rings. The van der Waals surface area contributed by atoms with Gasteiger partial charge >= 0.3 is 5.97 Å². The maximum atomic E-state index is 12.2. The minimum atomic E-state index is -4.85. The average Bonchev–Trinajstić information content (AvgIpc) is 3.34. The molecule has 0 radical (unpaired) electrons. The molecule has 4 rings (SSSR count). The van der Waals surface area contributed by atoms with Gasteiger partial charge in [0, 0.05) is 44.6 Å². The Morgan fingerprint density at radius 3 is 1.94 bits per heavy atom.